The lowest BCUT2D eigenvalue weighted by Gasteiger charge is -2.20. The summed E-state index contributed by atoms with van der Waals surface area (Å²) in [5.41, 5.74) is 0. The van der Waals surface area contributed by atoms with E-state index in [0.717, 1.165) is 0 Å². The molecular weight excluding hydrogens is 333 g/mol. The molecule has 0 fully saturated rings. The van der Waals surface area contributed by atoms with Crippen LogP contribution in [0.5, 0.6) is 0 Å². The van der Waals surface area contributed by atoms with Gasteiger partial charge in [0.2, 0.25) is 6.10 Å². The molecule has 0 aromatic heterocycles. The van der Waals surface area contributed by atoms with E-state index in [1.807, 2.05) is 0 Å². The van der Waals surface area contributed by atoms with Gasteiger partial charge in [-0.15, -0.1) is 0 Å². The van der Waals surface area contributed by atoms with Crippen LogP contribution in [-0.2, 0) is 19.6 Å². The monoisotopic (exact) mass is 342 g/mol. The Morgan fingerprint density at radius 1 is 1.47 bits per heavy atom. The number of carbonyl (C=O) groups is 1. The van der Waals surface area contributed by atoms with Crippen LogP contribution in [0.4, 0.5) is 13.2 Å². The van der Waals surface area contributed by atoms with Gasteiger partial charge in [0.15, 0.2) is 0 Å². The topological polar surface area (TPSA) is 80.7 Å². The van der Waals surface area contributed by atoms with Crippen LogP contribution in [-0.4, -0.2) is 42.3 Å². The maximum atomic E-state index is 12.3. The minimum absolute atomic E-state index is 0.0717. The van der Waals surface area contributed by atoms with E-state index in [4.69, 9.17) is 4.55 Å². The van der Waals surface area contributed by atoms with Crippen LogP contribution in [0.15, 0.2) is 0 Å². The zero-order valence-electron chi connectivity index (χ0n) is 8.57. The SMILES string of the molecule is CC(CBr)C(=O)OC(CS(=O)(=O)O)C(F)(F)F. The lowest BCUT2D eigenvalue weighted by molar-refractivity contribution is -0.216. The van der Waals surface area contributed by atoms with Gasteiger partial charge in [-0.3, -0.25) is 9.35 Å². The second kappa shape index (κ2) is 6.01. The highest BCUT2D eigenvalue weighted by atomic mass is 79.9. The second-order valence-electron chi connectivity index (χ2n) is 3.27. The van der Waals surface area contributed by atoms with Gasteiger partial charge in [0.25, 0.3) is 10.1 Å². The molecule has 0 aromatic rings. The number of carbonyl (C=O) groups excluding carboxylic acids is 1. The molecule has 0 saturated heterocycles. The highest BCUT2D eigenvalue weighted by Crippen LogP contribution is 2.25. The number of ether oxygens (including phenoxy) is 1. The minimum atomic E-state index is -5.06. The fraction of sp³-hybridized carbons (Fsp3) is 0.857. The Morgan fingerprint density at radius 3 is 2.24 bits per heavy atom. The first-order chi connectivity index (χ1) is 7.47. The van der Waals surface area contributed by atoms with Crippen molar-refractivity contribution in [3.63, 3.8) is 0 Å². The molecule has 0 aromatic carbocycles. The molecule has 10 heteroatoms. The zero-order valence-corrected chi connectivity index (χ0v) is 11.0. The van der Waals surface area contributed by atoms with Gasteiger partial charge < -0.3 is 4.74 Å². The molecule has 1 N–H and O–H groups in total. The zero-order chi connectivity index (χ0) is 13.9. The summed E-state index contributed by atoms with van der Waals surface area (Å²) in [4.78, 5) is 11.1. The van der Waals surface area contributed by atoms with Crippen molar-refractivity contribution in [2.24, 2.45) is 5.92 Å². The van der Waals surface area contributed by atoms with Gasteiger partial charge in [-0.1, -0.05) is 22.9 Å². The largest absolute Gasteiger partial charge is 0.451 e. The van der Waals surface area contributed by atoms with E-state index in [-0.39, 0.29) is 5.33 Å². The van der Waals surface area contributed by atoms with Crippen LogP contribution in [0.1, 0.15) is 6.92 Å². The Hall–Kier alpha value is -0.350. The highest BCUT2D eigenvalue weighted by molar-refractivity contribution is 9.09. The summed E-state index contributed by atoms with van der Waals surface area (Å²) in [6.07, 6.45) is -7.93. The fourth-order valence-corrected chi connectivity index (χ4v) is 1.61. The second-order valence-corrected chi connectivity index (χ2v) is 5.42. The Kier molecular flexibility index (Phi) is 5.88. The van der Waals surface area contributed by atoms with Gasteiger partial charge in [-0.2, -0.15) is 21.6 Å². The molecule has 0 radical (unpaired) electrons. The number of alkyl halides is 4. The molecule has 0 rings (SSSR count). The van der Waals surface area contributed by atoms with Crippen molar-refractivity contribution >= 4 is 32.0 Å². The van der Waals surface area contributed by atoms with Gasteiger partial charge >= 0.3 is 12.1 Å². The van der Waals surface area contributed by atoms with Crippen molar-refractivity contribution in [2.75, 3.05) is 11.1 Å². The Balaban J connectivity index is 4.80. The van der Waals surface area contributed by atoms with Gasteiger partial charge in [-0.05, 0) is 0 Å². The first-order valence-electron chi connectivity index (χ1n) is 4.25. The fourth-order valence-electron chi connectivity index (χ4n) is 0.706. The molecule has 5 nitrogen and oxygen atoms in total. The summed E-state index contributed by atoms with van der Waals surface area (Å²) in [7, 11) is -4.89. The Morgan fingerprint density at radius 2 is 1.94 bits per heavy atom. The molecule has 0 heterocycles. The molecule has 0 spiro atoms. The van der Waals surface area contributed by atoms with Gasteiger partial charge in [0.1, 0.15) is 5.75 Å². The van der Waals surface area contributed by atoms with E-state index >= 15 is 0 Å². The number of rotatable bonds is 5. The molecule has 0 aliphatic carbocycles. The van der Waals surface area contributed by atoms with Crippen molar-refractivity contribution in [2.45, 2.75) is 19.2 Å². The van der Waals surface area contributed by atoms with E-state index in [1.54, 1.807) is 0 Å². The molecule has 0 amide bonds. The summed E-state index contributed by atoms with van der Waals surface area (Å²) >= 11 is 2.87. The third kappa shape index (κ3) is 6.84. The van der Waals surface area contributed by atoms with Gasteiger partial charge in [-0.25, -0.2) is 0 Å². The van der Waals surface area contributed by atoms with E-state index in [1.165, 1.54) is 6.92 Å². The lowest BCUT2D eigenvalue weighted by Crippen LogP contribution is -2.40. The third-order valence-corrected chi connectivity index (χ3v) is 3.31. The molecule has 0 aliphatic rings. The van der Waals surface area contributed by atoms with Crippen molar-refractivity contribution in [3.05, 3.63) is 0 Å². The Bertz CT molecular complexity index is 366. The number of hydrogen-bond acceptors (Lipinski definition) is 4. The number of hydrogen-bond donors (Lipinski definition) is 1. The summed E-state index contributed by atoms with van der Waals surface area (Å²) in [5, 5.41) is 0.0717. The first-order valence-corrected chi connectivity index (χ1v) is 6.98. The maximum Gasteiger partial charge on any atom is 0.426 e. The van der Waals surface area contributed by atoms with Crippen LogP contribution < -0.4 is 0 Å². The predicted octanol–water partition coefficient (Wildman–Crippen LogP) is 1.38. The predicted molar refractivity (Wildman–Crippen MR) is 55.3 cm³/mol. The molecule has 102 valence electrons. The molecule has 0 saturated carbocycles. The molecule has 17 heavy (non-hydrogen) atoms. The molecule has 2 unspecified atom stereocenters. The number of esters is 1. The van der Waals surface area contributed by atoms with Crippen LogP contribution in [0.3, 0.4) is 0 Å². The maximum absolute atomic E-state index is 12.3. The van der Waals surface area contributed by atoms with Crippen molar-refractivity contribution in [3.8, 4) is 0 Å². The van der Waals surface area contributed by atoms with Crippen LogP contribution in [0.2, 0.25) is 0 Å². The van der Waals surface area contributed by atoms with E-state index in [2.05, 4.69) is 20.7 Å². The summed E-state index contributed by atoms with van der Waals surface area (Å²) < 4.78 is 70.0. The molecule has 2 atom stereocenters. The smallest absolute Gasteiger partial charge is 0.426 e. The molecule has 0 aliphatic heterocycles. The summed E-state index contributed by atoms with van der Waals surface area (Å²) in [6, 6.07) is 0. The van der Waals surface area contributed by atoms with E-state index in [9.17, 15) is 26.4 Å². The van der Waals surface area contributed by atoms with E-state index in [0.29, 0.717) is 0 Å². The van der Waals surface area contributed by atoms with Crippen molar-refractivity contribution < 1.29 is 35.7 Å². The molecule has 0 bridgehead atoms. The normalized spacial score (nSPS) is 16.4. The quantitative estimate of drug-likeness (QED) is 0.463. The van der Waals surface area contributed by atoms with Crippen molar-refractivity contribution in [1.29, 1.82) is 0 Å². The lowest BCUT2D eigenvalue weighted by atomic mass is 10.2. The van der Waals surface area contributed by atoms with Crippen LogP contribution in [0.25, 0.3) is 0 Å². The van der Waals surface area contributed by atoms with Crippen molar-refractivity contribution in [1.82, 2.24) is 0 Å². The summed E-state index contributed by atoms with van der Waals surface area (Å²) in [6.45, 7) is 1.30. The average molecular weight is 343 g/mol. The van der Waals surface area contributed by atoms with Crippen LogP contribution in [0, 0.1) is 5.92 Å². The van der Waals surface area contributed by atoms with E-state index < -0.39 is 40.0 Å². The Labute approximate surface area is 104 Å². The summed E-state index contributed by atoms with van der Waals surface area (Å²) in [5.74, 6) is -3.77. The standard InChI is InChI=1S/C7H10BrF3O5S/c1-4(2-8)6(12)16-5(7(9,10)11)3-17(13,14)15/h4-5H,2-3H2,1H3,(H,13,14,15). The van der Waals surface area contributed by atoms with Gasteiger partial charge in [0.05, 0.1) is 5.92 Å². The highest BCUT2D eigenvalue weighted by Gasteiger charge is 2.45. The third-order valence-electron chi connectivity index (χ3n) is 1.62. The minimum Gasteiger partial charge on any atom is -0.451 e. The average Bonchev–Trinajstić information content (AvgIpc) is 2.11. The van der Waals surface area contributed by atoms with Gasteiger partial charge in [0, 0.05) is 5.33 Å². The first kappa shape index (κ1) is 16.6. The number of halogens is 4. The molecular formula is C7H10BrF3O5S. The van der Waals surface area contributed by atoms with Crippen LogP contribution >= 0.6 is 15.9 Å².